The molecule has 0 bridgehead atoms. The van der Waals surface area contributed by atoms with Crippen LogP contribution in [0.2, 0.25) is 0 Å². The number of hydrogen-bond donors (Lipinski definition) is 1. The first-order chi connectivity index (χ1) is 20.7. The number of hydrogen-bond acceptors (Lipinski definition) is 11. The molecule has 5 atom stereocenters. The van der Waals surface area contributed by atoms with Crippen molar-refractivity contribution in [1.29, 1.82) is 0 Å². The summed E-state index contributed by atoms with van der Waals surface area (Å²) in [6.07, 6.45) is -3.11. The molecule has 1 rings (SSSR count). The lowest BCUT2D eigenvalue weighted by Gasteiger charge is -2.31. The maximum absolute atomic E-state index is 14.5. The maximum Gasteiger partial charge on any atom is 0.510 e. The van der Waals surface area contributed by atoms with E-state index in [4.69, 9.17) is 38.6 Å². The molecule has 44 heavy (non-hydrogen) atoms. The molecule has 0 saturated carbocycles. The van der Waals surface area contributed by atoms with Crippen molar-refractivity contribution in [3.8, 4) is 0 Å². The van der Waals surface area contributed by atoms with E-state index in [1.54, 1.807) is 52.0 Å². The minimum Gasteiger partial charge on any atom is -0.434 e. The van der Waals surface area contributed by atoms with Gasteiger partial charge in [-0.05, 0) is 25.7 Å². The summed E-state index contributed by atoms with van der Waals surface area (Å²) in [5.41, 5.74) is 7.10. The number of hydroxylamine groups is 3. The molecule has 1 aromatic carbocycles. The second-order valence-corrected chi connectivity index (χ2v) is 12.0. The van der Waals surface area contributed by atoms with E-state index in [9.17, 15) is 18.9 Å². The van der Waals surface area contributed by atoms with Gasteiger partial charge in [-0.2, -0.15) is 0 Å². The Kier molecular flexibility index (Phi) is 17.0. The van der Waals surface area contributed by atoms with E-state index in [0.717, 1.165) is 0 Å². The van der Waals surface area contributed by atoms with Crippen LogP contribution in [0.25, 0.3) is 0 Å². The minimum absolute atomic E-state index is 0.000969. The predicted molar refractivity (Wildman–Crippen MR) is 161 cm³/mol. The molecule has 5 unspecified atom stereocenters. The number of quaternary nitrogens is 1. The fraction of sp³-hybridized carbons (Fsp3) is 0.655. The number of carbonyl (C=O) groups is 3. The molecule has 0 spiro atoms. The summed E-state index contributed by atoms with van der Waals surface area (Å²) in [4.78, 5) is 42.4. The van der Waals surface area contributed by atoms with Crippen molar-refractivity contribution < 1.29 is 56.4 Å². The van der Waals surface area contributed by atoms with Crippen molar-refractivity contribution in [3.63, 3.8) is 0 Å². The summed E-state index contributed by atoms with van der Waals surface area (Å²) in [6, 6.07) is 8.95. The zero-order valence-corrected chi connectivity index (χ0v) is 28.0. The average Bonchev–Trinajstić information content (AvgIpc) is 2.97. The molecule has 1 aromatic rings. The number of carbonyl (C=O) groups excluding carboxylic acids is 3. The molecular formula is C29H49N3O11P+. The fourth-order valence-corrected chi connectivity index (χ4v) is 5.04. The largest absolute Gasteiger partial charge is 0.510 e. The van der Waals surface area contributed by atoms with E-state index in [2.05, 4.69) is 4.76 Å². The summed E-state index contributed by atoms with van der Waals surface area (Å²) < 4.78 is 50.3. The van der Waals surface area contributed by atoms with E-state index in [0.29, 0.717) is 31.2 Å². The third-order valence-corrected chi connectivity index (χ3v) is 7.73. The van der Waals surface area contributed by atoms with Gasteiger partial charge in [-0.3, -0.25) is 4.84 Å². The molecule has 0 aliphatic carbocycles. The Labute approximate surface area is 260 Å². The average molecular weight is 647 g/mol. The lowest BCUT2D eigenvalue weighted by atomic mass is 10.1. The van der Waals surface area contributed by atoms with Gasteiger partial charge in [-0.1, -0.05) is 76.5 Å². The van der Waals surface area contributed by atoms with Gasteiger partial charge in [0.2, 0.25) is 12.6 Å². The van der Waals surface area contributed by atoms with Crippen LogP contribution in [-0.4, -0.2) is 61.7 Å². The Balaban J connectivity index is 3.67. The molecule has 0 heterocycles. The first-order valence-corrected chi connectivity index (χ1v) is 16.3. The number of nitrogens with two attached hydrogens (primary N) is 1. The van der Waals surface area contributed by atoms with Crippen molar-refractivity contribution >= 4 is 32.0 Å². The highest BCUT2D eigenvalue weighted by Crippen LogP contribution is 2.54. The number of guanidine groups is 1. The van der Waals surface area contributed by atoms with E-state index < -0.39 is 61.0 Å². The molecule has 14 nitrogen and oxygen atoms in total. The third-order valence-electron chi connectivity index (χ3n) is 6.33. The van der Waals surface area contributed by atoms with Gasteiger partial charge in [-0.15, -0.1) is 4.76 Å². The summed E-state index contributed by atoms with van der Waals surface area (Å²) in [7, 11) is -3.40. The number of benzene rings is 1. The van der Waals surface area contributed by atoms with Crippen molar-refractivity contribution in [3.05, 3.63) is 35.9 Å². The normalized spacial score (nSPS) is 17.1. The second-order valence-electron chi connectivity index (χ2n) is 10.4. The highest BCUT2D eigenvalue weighted by Gasteiger charge is 2.43. The van der Waals surface area contributed by atoms with Crippen LogP contribution >= 0.6 is 7.75 Å². The van der Waals surface area contributed by atoms with Crippen LogP contribution in [0.1, 0.15) is 79.7 Å². The highest BCUT2D eigenvalue weighted by molar-refractivity contribution is 7.52. The van der Waals surface area contributed by atoms with Crippen molar-refractivity contribution in [2.45, 2.75) is 93.3 Å². The van der Waals surface area contributed by atoms with E-state index in [-0.39, 0.29) is 19.8 Å². The smallest absolute Gasteiger partial charge is 0.434 e. The van der Waals surface area contributed by atoms with Crippen LogP contribution in [0.5, 0.6) is 0 Å². The van der Waals surface area contributed by atoms with E-state index in [1.165, 1.54) is 14.0 Å². The second kappa shape index (κ2) is 19.3. The van der Waals surface area contributed by atoms with Gasteiger partial charge < -0.3 is 24.7 Å². The molecule has 0 aliphatic rings. The summed E-state index contributed by atoms with van der Waals surface area (Å²) in [5, 5.41) is 0. The third kappa shape index (κ3) is 13.6. The quantitative estimate of drug-likeness (QED) is 0.0374. The monoisotopic (exact) mass is 646 g/mol. The molecule has 0 saturated heterocycles. The van der Waals surface area contributed by atoms with E-state index in [1.807, 2.05) is 19.9 Å². The molecule has 0 radical (unpaired) electrons. The Morgan fingerprint density at radius 3 is 1.70 bits per heavy atom. The van der Waals surface area contributed by atoms with Gasteiger partial charge in [0.05, 0.1) is 13.2 Å². The standard InChI is InChI=1S/C29H49N3O11P/c1-9-18-37-28(34)39-25(21(5)11-3)42-44(36,43-26(22(6)12-4)40-29(35)38-19-10-2)31-27(30)32(8,41-23(7)33)20-24-16-14-13-15-17-24/h13-17,21-22,25-26H,9-12,18-20H2,1-8H3,(H2,30,31,36)/q+1. The van der Waals surface area contributed by atoms with Crippen LogP contribution in [0.4, 0.5) is 9.59 Å². The number of ether oxygens (including phenoxy) is 4. The van der Waals surface area contributed by atoms with Crippen LogP contribution < -0.4 is 5.73 Å². The first kappa shape index (κ1) is 38.8. The van der Waals surface area contributed by atoms with Crippen LogP contribution in [0, 0.1) is 11.8 Å². The van der Waals surface area contributed by atoms with Crippen molar-refractivity contribution in [2.24, 2.45) is 22.3 Å². The maximum atomic E-state index is 14.5. The predicted octanol–water partition coefficient (Wildman–Crippen LogP) is 6.44. The van der Waals surface area contributed by atoms with Crippen molar-refractivity contribution in [2.75, 3.05) is 20.3 Å². The topological polar surface area (TPSA) is 171 Å². The first-order valence-electron chi connectivity index (χ1n) is 14.8. The van der Waals surface area contributed by atoms with Crippen LogP contribution in [0.15, 0.2) is 35.1 Å². The molecule has 0 amide bonds. The molecule has 0 aromatic heterocycles. The van der Waals surface area contributed by atoms with Crippen LogP contribution in [0.3, 0.4) is 0 Å². The summed E-state index contributed by atoms with van der Waals surface area (Å²) in [5.74, 6) is -2.21. The molecule has 250 valence electrons. The van der Waals surface area contributed by atoms with Gasteiger partial charge in [-0.25, -0.2) is 28.0 Å². The Morgan fingerprint density at radius 2 is 1.32 bits per heavy atom. The van der Waals surface area contributed by atoms with Crippen LogP contribution in [-0.2, 0) is 48.7 Å². The van der Waals surface area contributed by atoms with Gasteiger partial charge in [0.1, 0.15) is 7.05 Å². The Hall–Kier alpha value is -3.19. The van der Waals surface area contributed by atoms with Gasteiger partial charge in [0, 0.05) is 24.3 Å². The molecule has 2 N–H and O–H groups in total. The summed E-state index contributed by atoms with van der Waals surface area (Å²) >= 11 is 0. The SMILES string of the molecule is CCCOC(=O)OC(OP(=O)(N=C(N)[N+](C)(Cc1ccccc1)OC(C)=O)OC(OC(=O)OCCC)C(C)CC)C(C)CC. The number of nitrogens with zero attached hydrogens (tertiary/aromatic N) is 2. The Morgan fingerprint density at radius 1 is 0.864 bits per heavy atom. The van der Waals surface area contributed by atoms with E-state index >= 15 is 0 Å². The Bertz CT molecular complexity index is 1080. The molecule has 15 heteroatoms. The molecular weight excluding hydrogens is 597 g/mol. The van der Waals surface area contributed by atoms with Gasteiger partial charge >= 0.3 is 32.0 Å². The number of rotatable bonds is 17. The summed E-state index contributed by atoms with van der Waals surface area (Å²) in [6.45, 7) is 12.0. The zero-order chi connectivity index (χ0) is 33.3. The molecule has 0 aliphatic heterocycles. The highest BCUT2D eigenvalue weighted by atomic mass is 31.2. The fourth-order valence-electron chi connectivity index (χ4n) is 3.43. The van der Waals surface area contributed by atoms with Gasteiger partial charge in [0.15, 0.2) is 6.54 Å². The zero-order valence-electron chi connectivity index (χ0n) is 27.1. The van der Waals surface area contributed by atoms with Gasteiger partial charge in [0.25, 0.3) is 0 Å². The lowest BCUT2D eigenvalue weighted by Crippen LogP contribution is -2.53. The lowest BCUT2D eigenvalue weighted by molar-refractivity contribution is -1.01. The molecule has 0 fully saturated rings. The van der Waals surface area contributed by atoms with Crippen molar-refractivity contribution in [1.82, 2.24) is 0 Å². The minimum atomic E-state index is -4.84.